The number of rotatable bonds is 2. The van der Waals surface area contributed by atoms with Crippen LogP contribution in [0.25, 0.3) is 0 Å². The van der Waals surface area contributed by atoms with Gasteiger partial charge in [0.25, 0.3) is 5.91 Å². The second-order valence-electron chi connectivity index (χ2n) is 6.62. The van der Waals surface area contributed by atoms with Crippen LogP contribution in [0.15, 0.2) is 48.5 Å². The van der Waals surface area contributed by atoms with Gasteiger partial charge in [-0.3, -0.25) is 9.59 Å². The molecule has 5 nitrogen and oxygen atoms in total. The van der Waals surface area contributed by atoms with Gasteiger partial charge in [-0.15, -0.1) is 0 Å². The molecule has 2 aromatic rings. The number of nitrogens with one attached hydrogen (secondary N) is 2. The minimum absolute atomic E-state index is 0.179. The Labute approximate surface area is 153 Å². The van der Waals surface area contributed by atoms with Gasteiger partial charge in [0.1, 0.15) is 6.04 Å². The number of halogens is 3. The largest absolute Gasteiger partial charge is 0.417 e. The van der Waals surface area contributed by atoms with E-state index in [9.17, 15) is 22.8 Å². The zero-order chi connectivity index (χ0) is 19.2. The van der Waals surface area contributed by atoms with Gasteiger partial charge >= 0.3 is 6.18 Å². The first-order chi connectivity index (χ1) is 12.8. The Bertz CT molecular complexity index is 913. The van der Waals surface area contributed by atoms with Crippen molar-refractivity contribution in [3.05, 3.63) is 59.7 Å². The van der Waals surface area contributed by atoms with Crippen molar-refractivity contribution in [3.8, 4) is 0 Å². The van der Waals surface area contributed by atoms with Gasteiger partial charge in [0.2, 0.25) is 5.91 Å². The Kier molecular flexibility index (Phi) is 4.05. The number of fused-ring (bicyclic) bond motifs is 3. The van der Waals surface area contributed by atoms with Gasteiger partial charge in [0, 0.05) is 12.6 Å². The Hall–Kier alpha value is -3.03. The molecule has 2 amide bonds. The molecule has 27 heavy (non-hydrogen) atoms. The van der Waals surface area contributed by atoms with E-state index in [1.165, 1.54) is 12.1 Å². The van der Waals surface area contributed by atoms with Crippen molar-refractivity contribution < 1.29 is 22.8 Å². The molecule has 8 heteroatoms. The Balaban J connectivity index is 1.55. The summed E-state index contributed by atoms with van der Waals surface area (Å²) in [6, 6.07) is 11.1. The van der Waals surface area contributed by atoms with E-state index in [1.807, 2.05) is 23.1 Å². The number of carbonyl (C=O) groups is 2. The van der Waals surface area contributed by atoms with Gasteiger partial charge in [-0.2, -0.15) is 13.2 Å². The minimum Gasteiger partial charge on any atom is -0.356 e. The smallest absolute Gasteiger partial charge is 0.356 e. The molecule has 2 atom stereocenters. The van der Waals surface area contributed by atoms with Crippen LogP contribution in [0.3, 0.4) is 0 Å². The molecule has 0 spiro atoms. The molecule has 2 heterocycles. The summed E-state index contributed by atoms with van der Waals surface area (Å²) in [5.41, 5.74) is 0.142. The summed E-state index contributed by atoms with van der Waals surface area (Å²) in [5, 5.41) is 5.48. The normalized spacial score (nSPS) is 21.3. The maximum atomic E-state index is 13.1. The van der Waals surface area contributed by atoms with Gasteiger partial charge in [-0.1, -0.05) is 24.3 Å². The number of alkyl halides is 3. The number of para-hydroxylation sites is 2. The summed E-state index contributed by atoms with van der Waals surface area (Å²) in [7, 11) is 0. The molecule has 0 unspecified atom stereocenters. The standard InChI is InChI=1S/C19H16F3N3O2/c20-19(21,22)13-6-2-1-5-12(13)17(26)23-11-9-16-18(27)24-14-7-3-4-8-15(14)25(16)10-11/h1-8,11,16H,9-10H2,(H,23,26)(H,24,27)/t11-,16-/m1/s1. The van der Waals surface area contributed by atoms with Gasteiger partial charge in [0.15, 0.2) is 0 Å². The van der Waals surface area contributed by atoms with E-state index < -0.39 is 35.3 Å². The van der Waals surface area contributed by atoms with Gasteiger partial charge in [-0.25, -0.2) is 0 Å². The first-order valence-electron chi connectivity index (χ1n) is 8.48. The van der Waals surface area contributed by atoms with Gasteiger partial charge < -0.3 is 15.5 Å². The first kappa shape index (κ1) is 17.4. The van der Waals surface area contributed by atoms with Crippen molar-refractivity contribution in [2.45, 2.75) is 24.7 Å². The van der Waals surface area contributed by atoms with E-state index in [1.54, 1.807) is 6.07 Å². The Morgan fingerprint density at radius 1 is 1.11 bits per heavy atom. The van der Waals surface area contributed by atoms with Crippen molar-refractivity contribution >= 4 is 23.2 Å². The lowest BCUT2D eigenvalue weighted by Gasteiger charge is -2.32. The molecule has 2 aromatic carbocycles. The average molecular weight is 375 g/mol. The number of hydrogen-bond acceptors (Lipinski definition) is 3. The zero-order valence-corrected chi connectivity index (χ0v) is 14.1. The SMILES string of the molecule is O=C(N[C@@H]1C[C@@H]2C(=O)Nc3ccccc3N2C1)c1ccccc1C(F)(F)F. The van der Waals surface area contributed by atoms with E-state index in [2.05, 4.69) is 10.6 Å². The summed E-state index contributed by atoms with van der Waals surface area (Å²) in [5.74, 6) is -0.970. The predicted octanol–water partition coefficient (Wildman–Crippen LogP) is 3.03. The molecule has 1 fully saturated rings. The molecule has 2 aliphatic heterocycles. The predicted molar refractivity (Wildman–Crippen MR) is 93.5 cm³/mol. The van der Waals surface area contributed by atoms with Crippen LogP contribution in [-0.2, 0) is 11.0 Å². The molecule has 2 aliphatic rings. The van der Waals surface area contributed by atoms with Crippen LogP contribution in [-0.4, -0.2) is 30.4 Å². The lowest BCUT2D eigenvalue weighted by Crippen LogP contribution is -2.44. The molecule has 0 bridgehead atoms. The highest BCUT2D eigenvalue weighted by atomic mass is 19.4. The third kappa shape index (κ3) is 3.11. The monoisotopic (exact) mass is 375 g/mol. The van der Waals surface area contributed by atoms with Gasteiger partial charge in [0.05, 0.1) is 22.5 Å². The van der Waals surface area contributed by atoms with Crippen molar-refractivity contribution in [2.24, 2.45) is 0 Å². The van der Waals surface area contributed by atoms with E-state index in [0.717, 1.165) is 17.8 Å². The molecule has 0 aromatic heterocycles. The summed E-state index contributed by atoms with van der Waals surface area (Å²) >= 11 is 0. The molecule has 0 saturated carbocycles. The maximum Gasteiger partial charge on any atom is 0.417 e. The number of nitrogens with zero attached hydrogens (tertiary/aromatic N) is 1. The molecule has 1 saturated heterocycles. The highest BCUT2D eigenvalue weighted by Crippen LogP contribution is 2.37. The second kappa shape index (κ2) is 6.29. The van der Waals surface area contributed by atoms with Crippen LogP contribution in [0.4, 0.5) is 24.5 Å². The third-order valence-corrected chi connectivity index (χ3v) is 4.89. The first-order valence-corrected chi connectivity index (χ1v) is 8.48. The van der Waals surface area contributed by atoms with E-state index in [4.69, 9.17) is 0 Å². The summed E-state index contributed by atoms with van der Waals surface area (Å²) < 4.78 is 39.4. The van der Waals surface area contributed by atoms with Crippen molar-refractivity contribution in [1.82, 2.24) is 5.32 Å². The Morgan fingerprint density at radius 2 is 1.81 bits per heavy atom. The van der Waals surface area contributed by atoms with E-state index in [0.29, 0.717) is 18.7 Å². The highest BCUT2D eigenvalue weighted by Gasteiger charge is 2.42. The highest BCUT2D eigenvalue weighted by molar-refractivity contribution is 6.04. The molecule has 4 rings (SSSR count). The lowest BCUT2D eigenvalue weighted by molar-refractivity contribution is -0.138. The zero-order valence-electron chi connectivity index (χ0n) is 14.1. The second-order valence-corrected chi connectivity index (χ2v) is 6.62. The van der Waals surface area contributed by atoms with Crippen molar-refractivity contribution in [1.29, 1.82) is 0 Å². The summed E-state index contributed by atoms with van der Waals surface area (Å²) in [4.78, 5) is 26.7. The topological polar surface area (TPSA) is 61.4 Å². The van der Waals surface area contributed by atoms with Crippen LogP contribution in [0, 0.1) is 0 Å². The quantitative estimate of drug-likeness (QED) is 0.848. The number of hydrogen-bond donors (Lipinski definition) is 2. The van der Waals surface area contributed by atoms with Crippen LogP contribution < -0.4 is 15.5 Å². The van der Waals surface area contributed by atoms with E-state index >= 15 is 0 Å². The van der Waals surface area contributed by atoms with Crippen molar-refractivity contribution in [2.75, 3.05) is 16.8 Å². The van der Waals surface area contributed by atoms with Crippen LogP contribution in [0.5, 0.6) is 0 Å². The molecular formula is C19H16F3N3O2. The molecule has 0 aliphatic carbocycles. The number of anilines is 2. The van der Waals surface area contributed by atoms with E-state index in [-0.39, 0.29) is 5.91 Å². The molecule has 140 valence electrons. The van der Waals surface area contributed by atoms with Crippen molar-refractivity contribution in [3.63, 3.8) is 0 Å². The molecule has 2 N–H and O–H groups in total. The number of benzene rings is 2. The van der Waals surface area contributed by atoms with Crippen LogP contribution >= 0.6 is 0 Å². The number of amides is 2. The molecular weight excluding hydrogens is 359 g/mol. The minimum atomic E-state index is -4.61. The number of carbonyl (C=O) groups excluding carboxylic acids is 2. The summed E-state index contributed by atoms with van der Waals surface area (Å²) in [6.07, 6.45) is -4.28. The van der Waals surface area contributed by atoms with Crippen LogP contribution in [0.1, 0.15) is 22.3 Å². The molecule has 0 radical (unpaired) electrons. The fraction of sp³-hybridized carbons (Fsp3) is 0.263. The Morgan fingerprint density at radius 3 is 2.59 bits per heavy atom. The fourth-order valence-electron chi connectivity index (χ4n) is 3.69. The lowest BCUT2D eigenvalue weighted by atomic mass is 10.1. The maximum absolute atomic E-state index is 13.1. The summed E-state index contributed by atoms with van der Waals surface area (Å²) in [6.45, 7) is 0.356. The van der Waals surface area contributed by atoms with Gasteiger partial charge in [-0.05, 0) is 30.7 Å². The average Bonchev–Trinajstić information content (AvgIpc) is 3.06. The fourth-order valence-corrected chi connectivity index (χ4v) is 3.69. The third-order valence-electron chi connectivity index (χ3n) is 4.89. The van der Waals surface area contributed by atoms with Crippen LogP contribution in [0.2, 0.25) is 0 Å².